The van der Waals surface area contributed by atoms with E-state index < -0.39 is 21.6 Å². The van der Waals surface area contributed by atoms with Gasteiger partial charge in [-0.1, -0.05) is 12.1 Å². The quantitative estimate of drug-likeness (QED) is 0.712. The summed E-state index contributed by atoms with van der Waals surface area (Å²) in [6, 6.07) is 18.1. The Hall–Kier alpha value is -3.19. The number of sulfone groups is 1. The SMILES string of the molecule is CS(=O)(=O)c1cccc(C(=O)Nc2ccc(Oc3cccc(F)c3)cc2)c1. The predicted molar refractivity (Wildman–Crippen MR) is 100 cm³/mol. The topological polar surface area (TPSA) is 72.5 Å². The molecule has 0 aliphatic heterocycles. The van der Waals surface area contributed by atoms with E-state index in [4.69, 9.17) is 4.74 Å². The van der Waals surface area contributed by atoms with Crippen LogP contribution in [0.4, 0.5) is 10.1 Å². The van der Waals surface area contributed by atoms with Gasteiger partial charge in [-0.25, -0.2) is 12.8 Å². The van der Waals surface area contributed by atoms with Crippen molar-refractivity contribution in [3.8, 4) is 11.5 Å². The third-order valence-electron chi connectivity index (χ3n) is 3.67. The summed E-state index contributed by atoms with van der Waals surface area (Å²) >= 11 is 0. The van der Waals surface area contributed by atoms with Crippen molar-refractivity contribution >= 4 is 21.4 Å². The van der Waals surface area contributed by atoms with Crippen LogP contribution in [0.1, 0.15) is 10.4 Å². The second-order valence-electron chi connectivity index (χ2n) is 5.84. The van der Waals surface area contributed by atoms with E-state index in [9.17, 15) is 17.6 Å². The third kappa shape index (κ3) is 4.92. The van der Waals surface area contributed by atoms with Crippen molar-refractivity contribution in [3.63, 3.8) is 0 Å². The molecule has 0 atom stereocenters. The molecule has 3 aromatic carbocycles. The Kier molecular flexibility index (Phi) is 5.23. The Bertz CT molecular complexity index is 1080. The second-order valence-corrected chi connectivity index (χ2v) is 7.85. The minimum absolute atomic E-state index is 0.0778. The highest BCUT2D eigenvalue weighted by Gasteiger charge is 2.12. The summed E-state index contributed by atoms with van der Waals surface area (Å²) in [7, 11) is -3.39. The van der Waals surface area contributed by atoms with Gasteiger partial charge in [0.2, 0.25) is 0 Å². The molecule has 3 aromatic rings. The van der Waals surface area contributed by atoms with E-state index in [0.717, 1.165) is 6.26 Å². The lowest BCUT2D eigenvalue weighted by Gasteiger charge is -2.09. The van der Waals surface area contributed by atoms with Gasteiger partial charge in [-0.2, -0.15) is 0 Å². The fourth-order valence-corrected chi connectivity index (χ4v) is 3.01. The highest BCUT2D eigenvalue weighted by atomic mass is 32.2. The maximum atomic E-state index is 13.2. The van der Waals surface area contributed by atoms with Crippen LogP contribution >= 0.6 is 0 Å². The number of carbonyl (C=O) groups is 1. The number of halogens is 1. The fraction of sp³-hybridized carbons (Fsp3) is 0.0500. The number of nitrogens with one attached hydrogen (secondary N) is 1. The van der Waals surface area contributed by atoms with Crippen molar-refractivity contribution in [2.45, 2.75) is 4.90 Å². The van der Waals surface area contributed by atoms with Gasteiger partial charge in [0, 0.05) is 23.6 Å². The molecular formula is C20H16FNO4S. The zero-order valence-corrected chi connectivity index (χ0v) is 15.2. The standard InChI is InChI=1S/C20H16FNO4S/c1-27(24,25)19-7-2-4-14(12-19)20(23)22-16-8-10-17(11-9-16)26-18-6-3-5-15(21)13-18/h2-13H,1H3,(H,22,23). The molecule has 0 saturated heterocycles. The van der Waals surface area contributed by atoms with Gasteiger partial charge in [0.15, 0.2) is 9.84 Å². The molecule has 5 nitrogen and oxygen atoms in total. The molecule has 1 amide bonds. The normalized spacial score (nSPS) is 11.0. The third-order valence-corrected chi connectivity index (χ3v) is 4.78. The molecule has 0 radical (unpaired) electrons. The summed E-state index contributed by atoms with van der Waals surface area (Å²) in [5.74, 6) is 0.0223. The summed E-state index contributed by atoms with van der Waals surface area (Å²) in [6.07, 6.45) is 1.08. The van der Waals surface area contributed by atoms with Crippen LogP contribution in [0.2, 0.25) is 0 Å². The molecule has 0 unspecified atom stereocenters. The Balaban J connectivity index is 1.70. The van der Waals surface area contributed by atoms with E-state index in [1.807, 2.05) is 0 Å². The van der Waals surface area contributed by atoms with Crippen LogP contribution in [0.3, 0.4) is 0 Å². The first kappa shape index (κ1) is 18.6. The summed E-state index contributed by atoms with van der Waals surface area (Å²) in [5.41, 5.74) is 0.745. The highest BCUT2D eigenvalue weighted by Crippen LogP contribution is 2.24. The monoisotopic (exact) mass is 385 g/mol. The minimum atomic E-state index is -3.39. The van der Waals surface area contributed by atoms with E-state index in [1.165, 1.54) is 36.4 Å². The van der Waals surface area contributed by atoms with Crippen LogP contribution in [-0.2, 0) is 9.84 Å². The Morgan fingerprint density at radius 2 is 1.63 bits per heavy atom. The highest BCUT2D eigenvalue weighted by molar-refractivity contribution is 7.90. The molecule has 0 aliphatic carbocycles. The van der Waals surface area contributed by atoms with Gasteiger partial charge in [0.25, 0.3) is 5.91 Å². The number of hydrogen-bond acceptors (Lipinski definition) is 4. The van der Waals surface area contributed by atoms with Crippen LogP contribution in [0, 0.1) is 5.82 Å². The molecular weight excluding hydrogens is 369 g/mol. The lowest BCUT2D eigenvalue weighted by Crippen LogP contribution is -2.12. The summed E-state index contributed by atoms with van der Waals surface area (Å²) in [6.45, 7) is 0. The van der Waals surface area contributed by atoms with Crippen molar-refractivity contribution < 1.29 is 22.3 Å². The van der Waals surface area contributed by atoms with E-state index in [0.29, 0.717) is 17.2 Å². The molecule has 1 N–H and O–H groups in total. The average molecular weight is 385 g/mol. The molecule has 0 saturated carbocycles. The Morgan fingerprint density at radius 3 is 2.30 bits per heavy atom. The molecule has 3 rings (SSSR count). The molecule has 0 aliphatic rings. The lowest BCUT2D eigenvalue weighted by atomic mass is 10.2. The van der Waals surface area contributed by atoms with E-state index in [2.05, 4.69) is 5.32 Å². The first-order valence-corrected chi connectivity index (χ1v) is 9.85. The van der Waals surface area contributed by atoms with Gasteiger partial charge in [-0.05, 0) is 54.6 Å². The molecule has 0 heterocycles. The van der Waals surface area contributed by atoms with Crippen molar-refractivity contribution in [3.05, 3.63) is 84.2 Å². The van der Waals surface area contributed by atoms with Crippen molar-refractivity contribution in [2.75, 3.05) is 11.6 Å². The second kappa shape index (κ2) is 7.59. The smallest absolute Gasteiger partial charge is 0.255 e. The summed E-state index contributed by atoms with van der Waals surface area (Å²) in [4.78, 5) is 12.4. The van der Waals surface area contributed by atoms with Crippen molar-refractivity contribution in [1.29, 1.82) is 0 Å². The van der Waals surface area contributed by atoms with Gasteiger partial charge >= 0.3 is 0 Å². The van der Waals surface area contributed by atoms with Gasteiger partial charge < -0.3 is 10.1 Å². The van der Waals surface area contributed by atoms with Crippen LogP contribution in [0.5, 0.6) is 11.5 Å². The minimum Gasteiger partial charge on any atom is -0.457 e. The van der Waals surface area contributed by atoms with E-state index >= 15 is 0 Å². The average Bonchev–Trinajstić information content (AvgIpc) is 2.63. The molecule has 0 aromatic heterocycles. The van der Waals surface area contributed by atoms with Crippen LogP contribution in [0.15, 0.2) is 77.7 Å². The van der Waals surface area contributed by atoms with Crippen LogP contribution in [0.25, 0.3) is 0 Å². The molecule has 0 bridgehead atoms. The number of anilines is 1. The van der Waals surface area contributed by atoms with Crippen LogP contribution < -0.4 is 10.1 Å². The Labute approximate surface area is 156 Å². The molecule has 27 heavy (non-hydrogen) atoms. The number of hydrogen-bond donors (Lipinski definition) is 1. The lowest BCUT2D eigenvalue weighted by molar-refractivity contribution is 0.102. The van der Waals surface area contributed by atoms with Crippen molar-refractivity contribution in [1.82, 2.24) is 0 Å². The zero-order chi connectivity index (χ0) is 19.4. The first-order valence-electron chi connectivity index (χ1n) is 7.96. The fourth-order valence-electron chi connectivity index (χ4n) is 2.34. The largest absolute Gasteiger partial charge is 0.457 e. The van der Waals surface area contributed by atoms with Crippen LogP contribution in [-0.4, -0.2) is 20.6 Å². The number of carbonyl (C=O) groups excluding carboxylic acids is 1. The number of benzene rings is 3. The van der Waals surface area contributed by atoms with E-state index in [-0.39, 0.29) is 10.5 Å². The molecule has 0 spiro atoms. The number of rotatable bonds is 5. The molecule has 7 heteroatoms. The van der Waals surface area contributed by atoms with Gasteiger partial charge in [-0.15, -0.1) is 0 Å². The van der Waals surface area contributed by atoms with E-state index in [1.54, 1.807) is 36.4 Å². The van der Waals surface area contributed by atoms with Crippen molar-refractivity contribution in [2.24, 2.45) is 0 Å². The number of amides is 1. The zero-order valence-electron chi connectivity index (χ0n) is 14.3. The maximum absolute atomic E-state index is 13.2. The molecule has 138 valence electrons. The predicted octanol–water partition coefficient (Wildman–Crippen LogP) is 4.27. The number of ether oxygens (including phenoxy) is 1. The Morgan fingerprint density at radius 1 is 0.926 bits per heavy atom. The summed E-state index contributed by atoms with van der Waals surface area (Å²) < 4.78 is 41.9. The molecule has 0 fully saturated rings. The summed E-state index contributed by atoms with van der Waals surface area (Å²) in [5, 5.41) is 2.69. The maximum Gasteiger partial charge on any atom is 0.255 e. The van der Waals surface area contributed by atoms with Gasteiger partial charge in [0.1, 0.15) is 17.3 Å². The van der Waals surface area contributed by atoms with Gasteiger partial charge in [-0.3, -0.25) is 4.79 Å². The van der Waals surface area contributed by atoms with Gasteiger partial charge in [0.05, 0.1) is 4.90 Å². The first-order chi connectivity index (χ1) is 12.8.